The lowest BCUT2D eigenvalue weighted by atomic mass is 10.1. The summed E-state index contributed by atoms with van der Waals surface area (Å²) in [4.78, 5) is 0. The molecule has 0 amide bonds. The van der Waals surface area contributed by atoms with Crippen molar-refractivity contribution in [2.75, 3.05) is 7.05 Å². The molecule has 1 aromatic carbocycles. The van der Waals surface area contributed by atoms with Gasteiger partial charge in [-0.1, -0.05) is 39.7 Å². The van der Waals surface area contributed by atoms with Crippen molar-refractivity contribution in [3.8, 4) is 0 Å². The summed E-state index contributed by atoms with van der Waals surface area (Å²) in [5.41, 5.74) is 2.44. The Kier molecular flexibility index (Phi) is 4.20. The average Bonchev–Trinajstić information content (AvgIpc) is 2.69. The molecule has 2 rings (SSSR count). The molecular weight excluding hydrogens is 302 g/mol. The van der Waals surface area contributed by atoms with Crippen molar-refractivity contribution in [2.45, 2.75) is 13.1 Å². The Morgan fingerprint density at radius 3 is 2.88 bits per heavy atom. The van der Waals surface area contributed by atoms with Crippen molar-refractivity contribution in [1.29, 1.82) is 0 Å². The Morgan fingerprint density at radius 1 is 1.47 bits per heavy atom. The van der Waals surface area contributed by atoms with E-state index in [9.17, 15) is 0 Å². The molecule has 0 radical (unpaired) electrons. The third kappa shape index (κ3) is 3.31. The Bertz CT molecular complexity index is 510. The summed E-state index contributed by atoms with van der Waals surface area (Å²) < 4.78 is 2.91. The first-order chi connectivity index (χ1) is 8.19. The number of hydrogen-bond acceptors (Lipinski definition) is 2. The third-order valence-electron chi connectivity index (χ3n) is 2.43. The number of aromatic nitrogens is 2. The highest BCUT2D eigenvalue weighted by Crippen LogP contribution is 2.20. The summed E-state index contributed by atoms with van der Waals surface area (Å²) in [6, 6.07) is 6.34. The van der Waals surface area contributed by atoms with Gasteiger partial charge in [-0.2, -0.15) is 5.10 Å². The maximum Gasteiger partial charge on any atom is 0.0785 e. The number of nitrogens with zero attached hydrogens (tertiary/aromatic N) is 2. The highest BCUT2D eigenvalue weighted by atomic mass is 79.9. The molecule has 17 heavy (non-hydrogen) atoms. The van der Waals surface area contributed by atoms with Crippen molar-refractivity contribution in [2.24, 2.45) is 0 Å². The SMILES string of the molecule is CNCc1ccc(Cn2cc(Cl)cn2)c(Br)c1. The minimum absolute atomic E-state index is 0.660. The second kappa shape index (κ2) is 5.67. The van der Waals surface area contributed by atoms with E-state index in [2.05, 4.69) is 44.5 Å². The number of rotatable bonds is 4. The zero-order valence-corrected chi connectivity index (χ0v) is 11.8. The fourth-order valence-corrected chi connectivity index (χ4v) is 2.34. The standard InChI is InChI=1S/C12H13BrClN3/c1-15-5-9-2-3-10(12(13)4-9)7-17-8-11(14)6-16-17/h2-4,6,8,15H,5,7H2,1H3. The molecule has 1 heterocycles. The van der Waals surface area contributed by atoms with Crippen LogP contribution in [0.4, 0.5) is 0 Å². The lowest BCUT2D eigenvalue weighted by Crippen LogP contribution is -2.06. The van der Waals surface area contributed by atoms with Gasteiger partial charge in [-0.25, -0.2) is 0 Å². The first-order valence-electron chi connectivity index (χ1n) is 5.29. The molecule has 0 fully saturated rings. The van der Waals surface area contributed by atoms with Gasteiger partial charge in [-0.15, -0.1) is 0 Å². The summed E-state index contributed by atoms with van der Waals surface area (Å²) in [6.07, 6.45) is 3.46. The van der Waals surface area contributed by atoms with Crippen LogP contribution in [0, 0.1) is 0 Å². The van der Waals surface area contributed by atoms with Gasteiger partial charge in [0.2, 0.25) is 0 Å². The maximum atomic E-state index is 5.83. The van der Waals surface area contributed by atoms with Gasteiger partial charge in [-0.05, 0) is 24.2 Å². The van der Waals surface area contributed by atoms with E-state index in [1.54, 1.807) is 6.20 Å². The van der Waals surface area contributed by atoms with E-state index < -0.39 is 0 Å². The van der Waals surface area contributed by atoms with Gasteiger partial charge in [0.1, 0.15) is 0 Å². The Labute approximate surface area is 114 Å². The Balaban J connectivity index is 2.16. The lowest BCUT2D eigenvalue weighted by Gasteiger charge is -2.07. The van der Waals surface area contributed by atoms with Gasteiger partial charge in [0, 0.05) is 17.2 Å². The van der Waals surface area contributed by atoms with Crippen LogP contribution in [0.3, 0.4) is 0 Å². The minimum atomic E-state index is 0.660. The maximum absolute atomic E-state index is 5.83. The number of benzene rings is 1. The largest absolute Gasteiger partial charge is 0.316 e. The van der Waals surface area contributed by atoms with Crippen molar-refractivity contribution in [1.82, 2.24) is 15.1 Å². The zero-order chi connectivity index (χ0) is 12.3. The van der Waals surface area contributed by atoms with Crippen LogP contribution >= 0.6 is 27.5 Å². The van der Waals surface area contributed by atoms with Crippen LogP contribution in [0.5, 0.6) is 0 Å². The summed E-state index contributed by atoms with van der Waals surface area (Å²) in [5.74, 6) is 0. The van der Waals surface area contributed by atoms with Gasteiger partial charge in [-0.3, -0.25) is 4.68 Å². The van der Waals surface area contributed by atoms with Gasteiger partial charge < -0.3 is 5.32 Å². The van der Waals surface area contributed by atoms with E-state index in [1.807, 2.05) is 17.9 Å². The van der Waals surface area contributed by atoms with Crippen LogP contribution in [0.2, 0.25) is 5.02 Å². The van der Waals surface area contributed by atoms with E-state index in [-0.39, 0.29) is 0 Å². The van der Waals surface area contributed by atoms with Gasteiger partial charge in [0.05, 0.1) is 17.8 Å². The molecule has 0 saturated heterocycles. The molecule has 0 unspecified atom stereocenters. The molecule has 0 bridgehead atoms. The molecule has 0 atom stereocenters. The second-order valence-corrected chi connectivity index (χ2v) is 5.10. The smallest absolute Gasteiger partial charge is 0.0785 e. The van der Waals surface area contributed by atoms with Gasteiger partial charge in [0.25, 0.3) is 0 Å². The van der Waals surface area contributed by atoms with Crippen molar-refractivity contribution in [3.05, 3.63) is 51.2 Å². The van der Waals surface area contributed by atoms with Crippen LogP contribution in [0.25, 0.3) is 0 Å². The number of halogens is 2. The normalized spacial score (nSPS) is 10.8. The molecule has 1 aromatic heterocycles. The van der Waals surface area contributed by atoms with E-state index in [4.69, 9.17) is 11.6 Å². The third-order valence-corrected chi connectivity index (χ3v) is 3.37. The summed E-state index contributed by atoms with van der Waals surface area (Å²) >= 11 is 9.41. The molecule has 5 heteroatoms. The van der Waals surface area contributed by atoms with E-state index in [0.717, 1.165) is 11.0 Å². The summed E-state index contributed by atoms with van der Waals surface area (Å²) in [7, 11) is 1.94. The fraction of sp³-hybridized carbons (Fsp3) is 0.250. The zero-order valence-electron chi connectivity index (χ0n) is 9.45. The van der Waals surface area contributed by atoms with Crippen LogP contribution < -0.4 is 5.32 Å². The van der Waals surface area contributed by atoms with Crippen LogP contribution in [-0.2, 0) is 13.1 Å². The van der Waals surface area contributed by atoms with Crippen molar-refractivity contribution in [3.63, 3.8) is 0 Å². The monoisotopic (exact) mass is 313 g/mol. The molecule has 90 valence electrons. The lowest BCUT2D eigenvalue weighted by molar-refractivity contribution is 0.684. The van der Waals surface area contributed by atoms with Gasteiger partial charge >= 0.3 is 0 Å². The molecule has 0 aliphatic carbocycles. The predicted molar refractivity (Wildman–Crippen MR) is 73.2 cm³/mol. The molecule has 0 aliphatic heterocycles. The Hall–Kier alpha value is -0.840. The van der Waals surface area contributed by atoms with E-state index in [0.29, 0.717) is 11.6 Å². The van der Waals surface area contributed by atoms with E-state index in [1.165, 1.54) is 11.1 Å². The topological polar surface area (TPSA) is 29.9 Å². The summed E-state index contributed by atoms with van der Waals surface area (Å²) in [6.45, 7) is 1.58. The average molecular weight is 315 g/mol. The molecule has 0 aliphatic rings. The van der Waals surface area contributed by atoms with E-state index >= 15 is 0 Å². The quantitative estimate of drug-likeness (QED) is 0.940. The highest BCUT2D eigenvalue weighted by Gasteiger charge is 2.03. The second-order valence-electron chi connectivity index (χ2n) is 3.81. The van der Waals surface area contributed by atoms with Crippen LogP contribution in [-0.4, -0.2) is 16.8 Å². The fourth-order valence-electron chi connectivity index (χ4n) is 1.63. The number of nitrogens with one attached hydrogen (secondary N) is 1. The number of hydrogen-bond donors (Lipinski definition) is 1. The molecule has 0 spiro atoms. The van der Waals surface area contributed by atoms with Crippen molar-refractivity contribution < 1.29 is 0 Å². The first kappa shape index (κ1) is 12.6. The van der Waals surface area contributed by atoms with Crippen LogP contribution in [0.15, 0.2) is 35.1 Å². The summed E-state index contributed by atoms with van der Waals surface area (Å²) in [5, 5.41) is 7.95. The molecule has 1 N–H and O–H groups in total. The molecule has 3 nitrogen and oxygen atoms in total. The Morgan fingerprint density at radius 2 is 2.29 bits per heavy atom. The van der Waals surface area contributed by atoms with Gasteiger partial charge in [0.15, 0.2) is 0 Å². The molecule has 0 saturated carbocycles. The first-order valence-corrected chi connectivity index (χ1v) is 6.46. The molecule has 2 aromatic rings. The predicted octanol–water partition coefficient (Wildman–Crippen LogP) is 3.07. The van der Waals surface area contributed by atoms with Crippen molar-refractivity contribution >= 4 is 27.5 Å². The highest BCUT2D eigenvalue weighted by molar-refractivity contribution is 9.10. The molecular formula is C12H13BrClN3. The minimum Gasteiger partial charge on any atom is -0.316 e. The van der Waals surface area contributed by atoms with Crippen LogP contribution in [0.1, 0.15) is 11.1 Å².